The molecule has 0 fully saturated rings. The molecule has 1 aromatic heterocycles. The van der Waals surface area contributed by atoms with Crippen molar-refractivity contribution in [1.82, 2.24) is 0 Å². The number of rotatable bonds is 2. The zero-order chi connectivity index (χ0) is 8.10. The van der Waals surface area contributed by atoms with Gasteiger partial charge in [-0.25, -0.2) is 4.79 Å². The smallest absolute Gasteiger partial charge is 0.434 e. The van der Waals surface area contributed by atoms with Crippen LogP contribution in [0.4, 0.5) is 4.79 Å². The third-order valence-electron chi connectivity index (χ3n) is 0.941. The molecule has 60 valence electrons. The van der Waals surface area contributed by atoms with Gasteiger partial charge in [-0.15, -0.1) is 0 Å². The van der Waals surface area contributed by atoms with E-state index < -0.39 is 6.16 Å². The molecule has 1 heterocycles. The molecule has 0 spiro atoms. The average Bonchev–Trinajstić information content (AvgIpc) is 2.40. The maximum absolute atomic E-state index is 10.6. The van der Waals surface area contributed by atoms with Crippen molar-refractivity contribution in [2.24, 2.45) is 0 Å². The Morgan fingerprint density at radius 1 is 1.73 bits per heavy atom. The molecule has 4 heteroatoms. The molecule has 0 radical (unpaired) electrons. The Bertz CT molecular complexity index is 214. The third kappa shape index (κ3) is 2.33. The number of carbonyl (C=O) groups excluding carboxylic acids is 1. The first-order valence-electron chi connectivity index (χ1n) is 3.21. The van der Waals surface area contributed by atoms with E-state index in [1.165, 1.54) is 12.3 Å². The highest BCUT2D eigenvalue weighted by atomic mass is 16.8. The maximum Gasteiger partial charge on any atom is 0.516 e. The SMILES string of the molecule is CCOC(=O)Oc1ccco1. The van der Waals surface area contributed by atoms with Gasteiger partial charge in [-0.05, 0) is 13.0 Å². The highest BCUT2D eigenvalue weighted by Gasteiger charge is 2.05. The van der Waals surface area contributed by atoms with E-state index in [0.29, 0.717) is 6.61 Å². The fraction of sp³-hybridized carbons (Fsp3) is 0.286. The van der Waals surface area contributed by atoms with Crippen molar-refractivity contribution in [3.05, 3.63) is 18.4 Å². The van der Waals surface area contributed by atoms with E-state index in [9.17, 15) is 4.79 Å². The summed E-state index contributed by atoms with van der Waals surface area (Å²) >= 11 is 0. The summed E-state index contributed by atoms with van der Waals surface area (Å²) in [5.74, 6) is 0.142. The van der Waals surface area contributed by atoms with Crippen LogP contribution in [0.1, 0.15) is 6.92 Å². The van der Waals surface area contributed by atoms with Crippen molar-refractivity contribution >= 4 is 6.16 Å². The Morgan fingerprint density at radius 2 is 2.55 bits per heavy atom. The zero-order valence-electron chi connectivity index (χ0n) is 6.07. The van der Waals surface area contributed by atoms with E-state index in [1.807, 2.05) is 0 Å². The summed E-state index contributed by atoms with van der Waals surface area (Å²) in [7, 11) is 0. The highest BCUT2D eigenvalue weighted by Crippen LogP contribution is 2.10. The number of furan rings is 1. The lowest BCUT2D eigenvalue weighted by Gasteiger charge is -1.98. The van der Waals surface area contributed by atoms with E-state index in [1.54, 1.807) is 13.0 Å². The Balaban J connectivity index is 2.37. The minimum atomic E-state index is -0.748. The molecule has 0 atom stereocenters. The molecule has 0 saturated heterocycles. The Labute approximate surface area is 63.7 Å². The monoisotopic (exact) mass is 156 g/mol. The van der Waals surface area contributed by atoms with Crippen LogP contribution in [0.5, 0.6) is 5.95 Å². The van der Waals surface area contributed by atoms with Crippen molar-refractivity contribution in [1.29, 1.82) is 0 Å². The van der Waals surface area contributed by atoms with Crippen LogP contribution in [-0.4, -0.2) is 12.8 Å². The van der Waals surface area contributed by atoms with Gasteiger partial charge in [-0.2, -0.15) is 0 Å². The lowest BCUT2D eigenvalue weighted by atomic mass is 10.7. The molecule has 0 bridgehead atoms. The van der Waals surface area contributed by atoms with Crippen molar-refractivity contribution in [3.8, 4) is 5.95 Å². The molecule has 0 aromatic carbocycles. The van der Waals surface area contributed by atoms with Crippen LogP contribution in [0.2, 0.25) is 0 Å². The second-order valence-electron chi connectivity index (χ2n) is 1.72. The fourth-order valence-electron chi connectivity index (χ4n) is 0.551. The minimum absolute atomic E-state index is 0.142. The molecule has 0 aliphatic heterocycles. The second-order valence-corrected chi connectivity index (χ2v) is 1.72. The van der Waals surface area contributed by atoms with E-state index in [-0.39, 0.29) is 5.95 Å². The number of carbonyl (C=O) groups is 1. The average molecular weight is 156 g/mol. The zero-order valence-corrected chi connectivity index (χ0v) is 6.07. The fourth-order valence-corrected chi connectivity index (χ4v) is 0.551. The topological polar surface area (TPSA) is 48.7 Å². The first kappa shape index (κ1) is 7.65. The van der Waals surface area contributed by atoms with Crippen LogP contribution in [0.25, 0.3) is 0 Å². The molecular formula is C7H8O4. The molecule has 0 aliphatic carbocycles. The Kier molecular flexibility index (Phi) is 2.54. The van der Waals surface area contributed by atoms with Gasteiger partial charge in [0.15, 0.2) is 0 Å². The van der Waals surface area contributed by atoms with Gasteiger partial charge in [-0.1, -0.05) is 0 Å². The molecule has 0 saturated carbocycles. The summed E-state index contributed by atoms with van der Waals surface area (Å²) in [6, 6.07) is 3.14. The predicted molar refractivity (Wildman–Crippen MR) is 36.4 cm³/mol. The summed E-state index contributed by atoms with van der Waals surface area (Å²) in [6.45, 7) is 1.99. The summed E-state index contributed by atoms with van der Waals surface area (Å²) in [5.41, 5.74) is 0. The Morgan fingerprint density at radius 3 is 3.09 bits per heavy atom. The van der Waals surface area contributed by atoms with Crippen LogP contribution in [-0.2, 0) is 4.74 Å². The van der Waals surface area contributed by atoms with E-state index >= 15 is 0 Å². The van der Waals surface area contributed by atoms with Gasteiger partial charge in [0.05, 0.1) is 12.9 Å². The normalized spacial score (nSPS) is 9.18. The number of hydrogen-bond donors (Lipinski definition) is 0. The van der Waals surface area contributed by atoms with Crippen LogP contribution in [0.15, 0.2) is 22.8 Å². The molecular weight excluding hydrogens is 148 g/mol. The first-order valence-corrected chi connectivity index (χ1v) is 3.21. The van der Waals surface area contributed by atoms with Gasteiger partial charge in [-0.3, -0.25) is 0 Å². The number of ether oxygens (including phenoxy) is 2. The summed E-state index contributed by atoms with van der Waals surface area (Å²) in [5, 5.41) is 0. The molecule has 1 aromatic rings. The van der Waals surface area contributed by atoms with Crippen molar-refractivity contribution in [2.75, 3.05) is 6.61 Å². The van der Waals surface area contributed by atoms with Crippen LogP contribution in [0, 0.1) is 0 Å². The van der Waals surface area contributed by atoms with Crippen molar-refractivity contribution in [3.63, 3.8) is 0 Å². The van der Waals surface area contributed by atoms with E-state index in [4.69, 9.17) is 4.42 Å². The lowest BCUT2D eigenvalue weighted by Crippen LogP contribution is -2.09. The van der Waals surface area contributed by atoms with E-state index in [0.717, 1.165) is 0 Å². The quantitative estimate of drug-likeness (QED) is 0.612. The summed E-state index contributed by atoms with van der Waals surface area (Å²) in [6.07, 6.45) is 0.664. The predicted octanol–water partition coefficient (Wildman–Crippen LogP) is 1.81. The molecule has 11 heavy (non-hydrogen) atoms. The van der Waals surface area contributed by atoms with Crippen molar-refractivity contribution < 1.29 is 18.7 Å². The van der Waals surface area contributed by atoms with E-state index in [2.05, 4.69) is 9.47 Å². The van der Waals surface area contributed by atoms with Crippen LogP contribution < -0.4 is 4.74 Å². The molecule has 0 aliphatic rings. The first-order chi connectivity index (χ1) is 5.33. The molecule has 4 nitrogen and oxygen atoms in total. The van der Waals surface area contributed by atoms with Gasteiger partial charge < -0.3 is 13.9 Å². The molecule has 0 N–H and O–H groups in total. The van der Waals surface area contributed by atoms with Gasteiger partial charge >= 0.3 is 6.16 Å². The maximum atomic E-state index is 10.6. The summed E-state index contributed by atoms with van der Waals surface area (Å²) in [4.78, 5) is 10.6. The van der Waals surface area contributed by atoms with Gasteiger partial charge in [0.1, 0.15) is 0 Å². The standard InChI is InChI=1S/C7H8O4/c1-2-9-7(8)11-6-4-3-5-10-6/h3-5H,2H2,1H3. The Hall–Kier alpha value is -1.45. The molecule has 0 amide bonds. The van der Waals surface area contributed by atoms with Gasteiger partial charge in [0, 0.05) is 6.07 Å². The number of hydrogen-bond acceptors (Lipinski definition) is 4. The largest absolute Gasteiger partial charge is 0.516 e. The lowest BCUT2D eigenvalue weighted by molar-refractivity contribution is 0.0949. The van der Waals surface area contributed by atoms with Gasteiger partial charge in [0.2, 0.25) is 0 Å². The van der Waals surface area contributed by atoms with Crippen LogP contribution in [0.3, 0.4) is 0 Å². The minimum Gasteiger partial charge on any atom is -0.434 e. The third-order valence-corrected chi connectivity index (χ3v) is 0.941. The molecule has 0 unspecified atom stereocenters. The molecule has 1 rings (SSSR count). The van der Waals surface area contributed by atoms with Crippen LogP contribution >= 0.6 is 0 Å². The van der Waals surface area contributed by atoms with Gasteiger partial charge in [0.25, 0.3) is 5.95 Å². The summed E-state index contributed by atoms with van der Waals surface area (Å²) < 4.78 is 13.8. The second kappa shape index (κ2) is 3.65. The van der Waals surface area contributed by atoms with Crippen molar-refractivity contribution in [2.45, 2.75) is 6.92 Å². The highest BCUT2D eigenvalue weighted by molar-refractivity contribution is 5.62.